The molecular formula is C12H14N2O2. The lowest BCUT2D eigenvalue weighted by molar-refractivity contribution is -0.151. The standard InChI is InChI=1S/C12H14N2O2/c1-8(2)10-12(15)16-14-11(13-10)9-6-4-3-5-7-9/h3-8,10H,1-2H3,(H,13,14). The number of rotatable bonds is 2. The van der Waals surface area contributed by atoms with Crippen molar-refractivity contribution in [3.05, 3.63) is 35.9 Å². The minimum atomic E-state index is -0.420. The van der Waals surface area contributed by atoms with Crippen molar-refractivity contribution < 1.29 is 9.63 Å². The Balaban J connectivity index is 2.30. The lowest BCUT2D eigenvalue weighted by Crippen LogP contribution is -2.41. The van der Waals surface area contributed by atoms with Crippen LogP contribution >= 0.6 is 0 Å². The molecule has 0 bridgehead atoms. The van der Waals surface area contributed by atoms with Crippen LogP contribution in [-0.4, -0.2) is 17.8 Å². The highest BCUT2D eigenvalue weighted by Crippen LogP contribution is 2.13. The molecule has 16 heavy (non-hydrogen) atoms. The molecule has 1 unspecified atom stereocenters. The Bertz CT molecular complexity index is 412. The highest BCUT2D eigenvalue weighted by atomic mass is 16.7. The monoisotopic (exact) mass is 218 g/mol. The predicted octanol–water partition coefficient (Wildman–Crippen LogP) is 1.52. The van der Waals surface area contributed by atoms with Gasteiger partial charge in [-0.1, -0.05) is 44.2 Å². The summed E-state index contributed by atoms with van der Waals surface area (Å²) in [6.45, 7) is 3.90. The maximum atomic E-state index is 11.4. The van der Waals surface area contributed by atoms with Gasteiger partial charge < -0.3 is 4.84 Å². The smallest absolute Gasteiger partial charge is 0.339 e. The second kappa shape index (κ2) is 4.35. The number of carbonyl (C=O) groups is 1. The Morgan fingerprint density at radius 1 is 1.31 bits per heavy atom. The van der Waals surface area contributed by atoms with Crippen molar-refractivity contribution in [2.24, 2.45) is 10.9 Å². The van der Waals surface area contributed by atoms with E-state index in [1.165, 1.54) is 0 Å². The Kier molecular flexibility index (Phi) is 2.90. The van der Waals surface area contributed by atoms with Gasteiger partial charge in [-0.05, 0) is 5.92 Å². The third-order valence-electron chi connectivity index (χ3n) is 2.44. The molecule has 0 aromatic heterocycles. The van der Waals surface area contributed by atoms with Gasteiger partial charge in [0.05, 0.1) is 0 Å². The average Bonchev–Trinajstić information content (AvgIpc) is 2.30. The Hall–Kier alpha value is -1.84. The number of nitrogens with zero attached hydrogens (tertiary/aromatic N) is 1. The molecule has 1 aromatic rings. The Labute approximate surface area is 94.3 Å². The van der Waals surface area contributed by atoms with E-state index in [1.807, 2.05) is 44.2 Å². The number of hydrogen-bond donors (Lipinski definition) is 1. The van der Waals surface area contributed by atoms with Crippen LogP contribution in [0.5, 0.6) is 0 Å². The van der Waals surface area contributed by atoms with Crippen LogP contribution in [0.3, 0.4) is 0 Å². The van der Waals surface area contributed by atoms with Crippen molar-refractivity contribution in [3.63, 3.8) is 0 Å². The molecule has 0 amide bonds. The van der Waals surface area contributed by atoms with Crippen LogP contribution in [0.2, 0.25) is 0 Å². The first kappa shape index (κ1) is 10.7. The van der Waals surface area contributed by atoms with Crippen molar-refractivity contribution in [2.45, 2.75) is 19.9 Å². The fraction of sp³-hybridized carbons (Fsp3) is 0.333. The molecule has 1 aliphatic rings. The molecule has 0 saturated heterocycles. The summed E-state index contributed by atoms with van der Waals surface area (Å²) in [6.07, 6.45) is 0. The van der Waals surface area contributed by atoms with E-state index in [-0.39, 0.29) is 11.9 Å². The largest absolute Gasteiger partial charge is 0.356 e. The van der Waals surface area contributed by atoms with Gasteiger partial charge in [-0.3, -0.25) is 0 Å². The first-order chi connectivity index (χ1) is 7.68. The molecule has 1 N–H and O–H groups in total. The normalized spacial score (nSPS) is 20.1. The molecule has 0 fully saturated rings. The van der Waals surface area contributed by atoms with Crippen LogP contribution in [0.1, 0.15) is 19.4 Å². The van der Waals surface area contributed by atoms with Crippen molar-refractivity contribution >= 4 is 11.8 Å². The summed E-state index contributed by atoms with van der Waals surface area (Å²) in [5, 5.41) is 0. The van der Waals surface area contributed by atoms with Crippen LogP contribution in [0.4, 0.5) is 0 Å². The molecule has 4 heteroatoms. The predicted molar refractivity (Wildman–Crippen MR) is 60.8 cm³/mol. The average molecular weight is 218 g/mol. The fourth-order valence-corrected chi connectivity index (χ4v) is 1.53. The van der Waals surface area contributed by atoms with Gasteiger partial charge >= 0.3 is 5.97 Å². The van der Waals surface area contributed by atoms with Gasteiger partial charge in [-0.2, -0.15) is 0 Å². The molecule has 1 atom stereocenters. The van der Waals surface area contributed by atoms with Gasteiger partial charge in [0.1, 0.15) is 0 Å². The maximum Gasteiger partial charge on any atom is 0.356 e. The van der Waals surface area contributed by atoms with Crippen molar-refractivity contribution in [2.75, 3.05) is 0 Å². The van der Waals surface area contributed by atoms with E-state index in [9.17, 15) is 4.79 Å². The molecule has 84 valence electrons. The van der Waals surface area contributed by atoms with E-state index >= 15 is 0 Å². The highest BCUT2D eigenvalue weighted by molar-refractivity contribution is 6.01. The topological polar surface area (TPSA) is 50.7 Å². The van der Waals surface area contributed by atoms with Crippen molar-refractivity contribution in [1.82, 2.24) is 5.48 Å². The second-order valence-corrected chi connectivity index (χ2v) is 4.06. The Morgan fingerprint density at radius 2 is 2.00 bits per heavy atom. The summed E-state index contributed by atoms with van der Waals surface area (Å²) >= 11 is 0. The summed E-state index contributed by atoms with van der Waals surface area (Å²) in [7, 11) is 0. The van der Waals surface area contributed by atoms with Crippen LogP contribution in [0.25, 0.3) is 0 Å². The molecule has 0 saturated carbocycles. The van der Waals surface area contributed by atoms with Crippen molar-refractivity contribution in [3.8, 4) is 0 Å². The third-order valence-corrected chi connectivity index (χ3v) is 2.44. The summed E-state index contributed by atoms with van der Waals surface area (Å²) in [5.74, 6) is 0.418. The van der Waals surface area contributed by atoms with Crippen LogP contribution < -0.4 is 5.48 Å². The molecule has 0 spiro atoms. The molecule has 1 aliphatic heterocycles. The van der Waals surface area contributed by atoms with E-state index in [0.717, 1.165) is 5.56 Å². The highest BCUT2D eigenvalue weighted by Gasteiger charge is 2.28. The summed E-state index contributed by atoms with van der Waals surface area (Å²) in [6, 6.07) is 9.18. The molecule has 0 radical (unpaired) electrons. The number of carbonyl (C=O) groups excluding carboxylic acids is 1. The van der Waals surface area contributed by atoms with Crippen LogP contribution in [-0.2, 0) is 9.63 Å². The van der Waals surface area contributed by atoms with E-state index in [2.05, 4.69) is 10.5 Å². The maximum absolute atomic E-state index is 11.4. The second-order valence-electron chi connectivity index (χ2n) is 4.06. The lowest BCUT2D eigenvalue weighted by atomic mass is 10.0. The Morgan fingerprint density at radius 3 is 2.62 bits per heavy atom. The number of nitrogens with one attached hydrogen (secondary N) is 1. The van der Waals surface area contributed by atoms with Crippen LogP contribution in [0.15, 0.2) is 35.3 Å². The summed E-state index contributed by atoms with van der Waals surface area (Å²) in [5.41, 5.74) is 3.49. The SMILES string of the molecule is CC(C)C1N=C(c2ccccc2)NOC1=O. The van der Waals surface area contributed by atoms with Crippen LogP contribution in [0, 0.1) is 5.92 Å². The number of hydrogen-bond acceptors (Lipinski definition) is 4. The third kappa shape index (κ3) is 2.05. The van der Waals surface area contributed by atoms with E-state index in [4.69, 9.17) is 4.84 Å². The first-order valence-electron chi connectivity index (χ1n) is 5.28. The van der Waals surface area contributed by atoms with Crippen molar-refractivity contribution in [1.29, 1.82) is 0 Å². The zero-order valence-electron chi connectivity index (χ0n) is 9.31. The molecule has 1 aromatic carbocycles. The molecule has 2 rings (SSSR count). The number of hydroxylamine groups is 1. The molecule has 1 heterocycles. The molecular weight excluding hydrogens is 204 g/mol. The molecule has 4 nitrogen and oxygen atoms in total. The van der Waals surface area contributed by atoms with E-state index in [1.54, 1.807) is 0 Å². The quantitative estimate of drug-likeness (QED) is 0.818. The van der Waals surface area contributed by atoms with Gasteiger partial charge in [0.15, 0.2) is 11.9 Å². The van der Waals surface area contributed by atoms with Gasteiger partial charge in [-0.15, -0.1) is 0 Å². The minimum absolute atomic E-state index is 0.133. The van der Waals surface area contributed by atoms with E-state index in [0.29, 0.717) is 5.84 Å². The number of amidine groups is 1. The number of aliphatic imine (C=N–C) groups is 1. The first-order valence-corrected chi connectivity index (χ1v) is 5.28. The van der Waals surface area contributed by atoms with Gasteiger partial charge in [-0.25, -0.2) is 15.3 Å². The lowest BCUT2D eigenvalue weighted by Gasteiger charge is -2.22. The zero-order valence-corrected chi connectivity index (χ0v) is 9.31. The minimum Gasteiger partial charge on any atom is -0.339 e. The number of benzene rings is 1. The summed E-state index contributed by atoms with van der Waals surface area (Å²) < 4.78 is 0. The van der Waals surface area contributed by atoms with E-state index < -0.39 is 6.04 Å². The van der Waals surface area contributed by atoms with Gasteiger partial charge in [0, 0.05) is 5.56 Å². The zero-order chi connectivity index (χ0) is 11.5. The van der Waals surface area contributed by atoms with Gasteiger partial charge in [0.25, 0.3) is 0 Å². The molecule has 0 aliphatic carbocycles. The van der Waals surface area contributed by atoms with Gasteiger partial charge in [0.2, 0.25) is 0 Å². The fourth-order valence-electron chi connectivity index (χ4n) is 1.53. The summed E-state index contributed by atoms with van der Waals surface area (Å²) in [4.78, 5) is 20.7.